The van der Waals surface area contributed by atoms with Crippen molar-refractivity contribution >= 4 is 16.9 Å². The molecular formula is C6H13As+. The Kier molecular flexibility index (Phi) is 5.09. The molecular weight excluding hydrogens is 147 g/mol. The zero-order chi connectivity index (χ0) is 5.70. The number of hydrogen-bond donors (Lipinski definition) is 0. The van der Waals surface area contributed by atoms with Gasteiger partial charge in [0.25, 0.3) is 0 Å². The second-order valence-electron chi connectivity index (χ2n) is 2.26. The zero-order valence-electron chi connectivity index (χ0n) is 5.15. The molecule has 0 fully saturated rings. The van der Waals surface area contributed by atoms with Crippen molar-refractivity contribution in [2.24, 2.45) is 5.92 Å². The molecule has 0 N–H and O–H groups in total. The molecule has 0 aliphatic heterocycles. The van der Waals surface area contributed by atoms with Crippen LogP contribution >= 0.6 is 0 Å². The Labute approximate surface area is 55.2 Å². The predicted octanol–water partition coefficient (Wildman–Crippen LogP) is 2.01. The van der Waals surface area contributed by atoms with E-state index in [0.717, 1.165) is 5.92 Å². The van der Waals surface area contributed by atoms with E-state index in [1.807, 2.05) is 0 Å². The fraction of sp³-hybridized carbons (Fsp3) is 1.00. The zero-order valence-corrected chi connectivity index (χ0v) is 7.02. The van der Waals surface area contributed by atoms with Crippen molar-refractivity contribution in [3.8, 4) is 0 Å². The maximum atomic E-state index is 2.62. The summed E-state index contributed by atoms with van der Waals surface area (Å²) in [4.78, 5) is 0. The summed E-state index contributed by atoms with van der Waals surface area (Å²) in [5.74, 6) is 0.893. The molecule has 0 saturated carbocycles. The standard InChI is InChI=1S/C6H13As/c1-6(2)4-3-5-7/h6H,3-5H2,1-2H3/q+1. The monoisotopic (exact) mass is 160 g/mol. The second-order valence-corrected chi connectivity index (χ2v) is 3.20. The predicted molar refractivity (Wildman–Crippen MR) is 34.6 cm³/mol. The van der Waals surface area contributed by atoms with Crippen LogP contribution < -0.4 is 0 Å². The van der Waals surface area contributed by atoms with Crippen LogP contribution in [0.15, 0.2) is 0 Å². The summed E-state index contributed by atoms with van der Waals surface area (Å²) in [7, 11) is 0. The van der Waals surface area contributed by atoms with Crippen LogP contribution in [0, 0.1) is 5.92 Å². The van der Waals surface area contributed by atoms with Gasteiger partial charge in [0.05, 0.1) is 0 Å². The third-order valence-corrected chi connectivity index (χ3v) is 1.60. The van der Waals surface area contributed by atoms with Crippen molar-refractivity contribution < 1.29 is 0 Å². The van der Waals surface area contributed by atoms with E-state index < -0.39 is 0 Å². The Hall–Kier alpha value is 0.558. The second kappa shape index (κ2) is 4.71. The molecule has 41 valence electrons. The number of rotatable bonds is 3. The molecule has 0 nitrogen and oxygen atoms in total. The summed E-state index contributed by atoms with van der Waals surface area (Å²) in [5, 5.41) is 1.28. The Balaban J connectivity index is 2.68. The van der Waals surface area contributed by atoms with Gasteiger partial charge in [0.2, 0.25) is 0 Å². The minimum absolute atomic E-state index is 0.893. The number of hydrogen-bond acceptors (Lipinski definition) is 0. The molecule has 7 heavy (non-hydrogen) atoms. The van der Waals surface area contributed by atoms with Gasteiger partial charge in [-0.1, -0.05) is 0 Å². The fourth-order valence-electron chi connectivity index (χ4n) is 0.500. The van der Waals surface area contributed by atoms with Crippen LogP contribution in [0.2, 0.25) is 5.21 Å². The van der Waals surface area contributed by atoms with Crippen molar-refractivity contribution in [2.45, 2.75) is 31.9 Å². The molecule has 1 heteroatoms. The Morgan fingerprint density at radius 2 is 2.00 bits per heavy atom. The van der Waals surface area contributed by atoms with E-state index in [1.165, 1.54) is 18.1 Å². The van der Waals surface area contributed by atoms with Crippen molar-refractivity contribution in [2.75, 3.05) is 0 Å². The Bertz CT molecular complexity index is 33.2. The first kappa shape index (κ1) is 7.56. The molecule has 0 rings (SSSR count). The summed E-state index contributed by atoms with van der Waals surface area (Å²) in [6, 6.07) is 0. The summed E-state index contributed by atoms with van der Waals surface area (Å²) in [6.45, 7) is 4.53. The Morgan fingerprint density at radius 3 is 2.14 bits per heavy atom. The molecule has 0 aromatic rings. The van der Waals surface area contributed by atoms with E-state index in [4.69, 9.17) is 0 Å². The molecule has 0 aliphatic rings. The van der Waals surface area contributed by atoms with E-state index in [2.05, 4.69) is 30.7 Å². The van der Waals surface area contributed by atoms with Crippen molar-refractivity contribution in [3.05, 3.63) is 0 Å². The van der Waals surface area contributed by atoms with Crippen LogP contribution in [0.25, 0.3) is 0 Å². The van der Waals surface area contributed by atoms with Crippen molar-refractivity contribution in [1.29, 1.82) is 0 Å². The average molecular weight is 160 g/mol. The van der Waals surface area contributed by atoms with Crippen LogP contribution in [0.4, 0.5) is 0 Å². The van der Waals surface area contributed by atoms with Gasteiger partial charge in [-0.2, -0.15) is 0 Å². The normalized spacial score (nSPS) is 10.3. The third-order valence-electron chi connectivity index (χ3n) is 0.940. The van der Waals surface area contributed by atoms with E-state index >= 15 is 0 Å². The van der Waals surface area contributed by atoms with E-state index in [1.54, 1.807) is 0 Å². The summed E-state index contributed by atoms with van der Waals surface area (Å²) in [6.07, 6.45) is 2.76. The first-order valence-electron chi connectivity index (χ1n) is 2.88. The van der Waals surface area contributed by atoms with Gasteiger partial charge in [-0.05, 0) is 0 Å². The summed E-state index contributed by atoms with van der Waals surface area (Å²) >= 11 is 2.62. The molecule has 0 aromatic carbocycles. The minimum atomic E-state index is 0.893. The summed E-state index contributed by atoms with van der Waals surface area (Å²) < 4.78 is 0. The van der Waals surface area contributed by atoms with Crippen LogP contribution in [0.1, 0.15) is 26.7 Å². The topological polar surface area (TPSA) is 0 Å². The van der Waals surface area contributed by atoms with Gasteiger partial charge in [-0.3, -0.25) is 0 Å². The van der Waals surface area contributed by atoms with Gasteiger partial charge in [0, 0.05) is 0 Å². The van der Waals surface area contributed by atoms with Gasteiger partial charge in [-0.25, -0.2) is 0 Å². The molecule has 0 amide bonds. The first-order chi connectivity index (χ1) is 3.27. The SMILES string of the molecule is CC(C)CCC[As+]. The first-order valence-corrected chi connectivity index (χ1v) is 4.21. The fourth-order valence-corrected chi connectivity index (χ4v) is 0.883. The molecule has 0 aliphatic carbocycles. The van der Waals surface area contributed by atoms with Gasteiger partial charge in [-0.15, -0.1) is 0 Å². The van der Waals surface area contributed by atoms with Crippen molar-refractivity contribution in [1.82, 2.24) is 0 Å². The molecule has 0 unspecified atom stereocenters. The van der Waals surface area contributed by atoms with Gasteiger partial charge in [0.15, 0.2) is 0 Å². The van der Waals surface area contributed by atoms with Crippen molar-refractivity contribution in [3.63, 3.8) is 0 Å². The van der Waals surface area contributed by atoms with Gasteiger partial charge in [0.1, 0.15) is 0 Å². The molecule has 0 heterocycles. The van der Waals surface area contributed by atoms with Gasteiger partial charge >= 0.3 is 54.7 Å². The Morgan fingerprint density at radius 1 is 1.43 bits per heavy atom. The summed E-state index contributed by atoms with van der Waals surface area (Å²) in [5.41, 5.74) is 0. The average Bonchev–Trinajstić information content (AvgIpc) is 1.61. The van der Waals surface area contributed by atoms with Crippen LogP contribution in [-0.4, -0.2) is 16.9 Å². The molecule has 3 radical (unpaired) electrons. The third kappa shape index (κ3) is 6.56. The van der Waals surface area contributed by atoms with E-state index in [0.29, 0.717) is 0 Å². The van der Waals surface area contributed by atoms with E-state index in [-0.39, 0.29) is 0 Å². The maximum absolute atomic E-state index is 2.62. The molecule has 0 spiro atoms. The van der Waals surface area contributed by atoms with Gasteiger partial charge < -0.3 is 0 Å². The molecule has 0 bridgehead atoms. The van der Waals surface area contributed by atoms with E-state index in [9.17, 15) is 0 Å². The molecule has 0 atom stereocenters. The molecule has 0 aromatic heterocycles. The van der Waals surface area contributed by atoms with Crippen LogP contribution in [0.5, 0.6) is 0 Å². The van der Waals surface area contributed by atoms with Crippen LogP contribution in [-0.2, 0) is 0 Å². The molecule has 0 saturated heterocycles. The quantitative estimate of drug-likeness (QED) is 0.554. The van der Waals surface area contributed by atoms with Crippen LogP contribution in [0.3, 0.4) is 0 Å².